The van der Waals surface area contributed by atoms with Crippen molar-refractivity contribution in [3.8, 4) is 0 Å². The molecule has 1 aromatic rings. The van der Waals surface area contributed by atoms with E-state index in [0.29, 0.717) is 17.9 Å². The molecule has 0 atom stereocenters. The maximum Gasteiger partial charge on any atom is 0.494 e. The Balaban J connectivity index is 1.88. The second-order valence-corrected chi connectivity index (χ2v) is 7.72. The van der Waals surface area contributed by atoms with Gasteiger partial charge >= 0.3 is 13.3 Å². The first-order valence-electron chi connectivity index (χ1n) is 8.30. The fourth-order valence-electron chi connectivity index (χ4n) is 2.66. The summed E-state index contributed by atoms with van der Waals surface area (Å²) >= 11 is 0. The van der Waals surface area contributed by atoms with Crippen molar-refractivity contribution < 1.29 is 22.5 Å². The van der Waals surface area contributed by atoms with E-state index in [4.69, 9.17) is 9.31 Å². The Hall–Kier alpha value is -1.21. The lowest BCUT2D eigenvalue weighted by Crippen LogP contribution is -2.41. The van der Waals surface area contributed by atoms with Gasteiger partial charge in [-0.15, -0.1) is 0 Å². The average Bonchev–Trinajstić information content (AvgIpc) is 3.23. The van der Waals surface area contributed by atoms with E-state index in [1.165, 1.54) is 12.1 Å². The van der Waals surface area contributed by atoms with Crippen molar-refractivity contribution in [3.05, 3.63) is 23.8 Å². The van der Waals surface area contributed by atoms with Crippen LogP contribution in [0.2, 0.25) is 0 Å². The quantitative estimate of drug-likeness (QED) is 0.845. The van der Waals surface area contributed by atoms with Crippen LogP contribution in [0.4, 0.5) is 18.9 Å². The summed E-state index contributed by atoms with van der Waals surface area (Å²) < 4.78 is 51.6. The molecule has 3 nitrogen and oxygen atoms in total. The lowest BCUT2D eigenvalue weighted by molar-refractivity contribution is -0.136. The Labute approximate surface area is 141 Å². The summed E-state index contributed by atoms with van der Waals surface area (Å²) in [7, 11) is -0.668. The molecule has 3 rings (SSSR count). The first-order chi connectivity index (χ1) is 11.0. The highest BCUT2D eigenvalue weighted by molar-refractivity contribution is 6.62. The summed E-state index contributed by atoms with van der Waals surface area (Å²) in [6.45, 7) is 8.25. The summed E-state index contributed by atoms with van der Waals surface area (Å²) in [5.41, 5.74) is -1.01. The average molecular weight is 341 g/mol. The molecule has 0 radical (unpaired) electrons. The van der Waals surface area contributed by atoms with Crippen LogP contribution in [0.3, 0.4) is 0 Å². The van der Waals surface area contributed by atoms with Crippen molar-refractivity contribution in [2.75, 3.05) is 11.9 Å². The number of hydrogen-bond acceptors (Lipinski definition) is 3. The van der Waals surface area contributed by atoms with Gasteiger partial charge in [-0.2, -0.15) is 13.2 Å². The zero-order valence-corrected chi connectivity index (χ0v) is 14.5. The molecule has 1 saturated heterocycles. The van der Waals surface area contributed by atoms with Gasteiger partial charge in [0.1, 0.15) is 0 Å². The van der Waals surface area contributed by atoms with E-state index in [-0.39, 0.29) is 5.69 Å². The van der Waals surface area contributed by atoms with Gasteiger partial charge in [-0.3, -0.25) is 0 Å². The van der Waals surface area contributed by atoms with Gasteiger partial charge in [0.2, 0.25) is 0 Å². The van der Waals surface area contributed by atoms with E-state index in [2.05, 4.69) is 5.32 Å². The van der Waals surface area contributed by atoms with Crippen molar-refractivity contribution >= 4 is 18.3 Å². The minimum atomic E-state index is -4.39. The predicted molar refractivity (Wildman–Crippen MR) is 88.4 cm³/mol. The number of alkyl halides is 3. The van der Waals surface area contributed by atoms with Gasteiger partial charge in [0.15, 0.2) is 0 Å². The first kappa shape index (κ1) is 17.6. The van der Waals surface area contributed by atoms with E-state index in [9.17, 15) is 13.2 Å². The Morgan fingerprint density at radius 1 is 1.12 bits per heavy atom. The molecule has 1 heterocycles. The van der Waals surface area contributed by atoms with Crippen LogP contribution >= 0.6 is 0 Å². The van der Waals surface area contributed by atoms with E-state index < -0.39 is 30.1 Å². The van der Waals surface area contributed by atoms with E-state index in [1.54, 1.807) is 0 Å². The largest absolute Gasteiger partial charge is 0.494 e. The molecule has 0 aromatic heterocycles. The Morgan fingerprint density at radius 2 is 1.71 bits per heavy atom. The molecule has 0 unspecified atom stereocenters. The highest BCUT2D eigenvalue weighted by atomic mass is 19.4. The molecule has 2 aliphatic rings. The van der Waals surface area contributed by atoms with Crippen molar-refractivity contribution in [2.45, 2.75) is 57.9 Å². The van der Waals surface area contributed by atoms with Crippen LogP contribution in [-0.4, -0.2) is 24.9 Å². The predicted octanol–water partition coefficient (Wildman–Crippen LogP) is 3.83. The summed E-state index contributed by atoms with van der Waals surface area (Å²) in [4.78, 5) is 0. The number of halogens is 3. The molecule has 0 amide bonds. The van der Waals surface area contributed by atoms with Crippen molar-refractivity contribution in [1.82, 2.24) is 0 Å². The van der Waals surface area contributed by atoms with Crippen molar-refractivity contribution in [3.63, 3.8) is 0 Å². The summed E-state index contributed by atoms with van der Waals surface area (Å²) in [5, 5.41) is 2.96. The minimum Gasteiger partial charge on any atom is -0.399 e. The van der Waals surface area contributed by atoms with Gasteiger partial charge in [-0.25, -0.2) is 0 Å². The number of rotatable bonds is 4. The molecular weight excluding hydrogens is 318 g/mol. The lowest BCUT2D eigenvalue weighted by Gasteiger charge is -2.32. The van der Waals surface area contributed by atoms with Crippen molar-refractivity contribution in [1.29, 1.82) is 0 Å². The second-order valence-electron chi connectivity index (χ2n) is 7.72. The summed E-state index contributed by atoms with van der Waals surface area (Å²) in [6.07, 6.45) is -2.24. The van der Waals surface area contributed by atoms with E-state index in [0.717, 1.165) is 18.9 Å². The number of benzene rings is 1. The van der Waals surface area contributed by atoms with Crippen LogP contribution in [0.1, 0.15) is 46.1 Å². The first-order valence-corrected chi connectivity index (χ1v) is 8.30. The van der Waals surface area contributed by atoms with Gasteiger partial charge < -0.3 is 14.6 Å². The van der Waals surface area contributed by atoms with Crippen LogP contribution < -0.4 is 10.8 Å². The third-order valence-corrected chi connectivity index (χ3v) is 5.15. The number of nitrogens with one attached hydrogen (secondary N) is 1. The zero-order valence-electron chi connectivity index (χ0n) is 14.5. The van der Waals surface area contributed by atoms with Gasteiger partial charge in [0, 0.05) is 12.2 Å². The normalized spacial score (nSPS) is 22.7. The van der Waals surface area contributed by atoms with Crippen LogP contribution in [0.5, 0.6) is 0 Å². The maximum absolute atomic E-state index is 13.2. The molecule has 7 heteroatoms. The summed E-state index contributed by atoms with van der Waals surface area (Å²) in [5.74, 6) is 0.478. The molecule has 132 valence electrons. The number of hydrogen-bond donors (Lipinski definition) is 1. The molecule has 1 aromatic carbocycles. The third-order valence-electron chi connectivity index (χ3n) is 5.15. The Morgan fingerprint density at radius 3 is 2.21 bits per heavy atom. The molecule has 1 aliphatic heterocycles. The molecule has 1 aliphatic carbocycles. The smallest absolute Gasteiger partial charge is 0.399 e. The van der Waals surface area contributed by atoms with Gasteiger partial charge in [0.25, 0.3) is 0 Å². The molecule has 1 N–H and O–H groups in total. The third kappa shape index (κ3) is 3.42. The van der Waals surface area contributed by atoms with Gasteiger partial charge in [-0.1, -0.05) is 6.07 Å². The topological polar surface area (TPSA) is 30.5 Å². The SMILES string of the molecule is CC1(C)OB(c2ccc(C(F)(F)F)c(NCC3CC3)c2)OC1(C)C. The maximum atomic E-state index is 13.2. The van der Waals surface area contributed by atoms with E-state index >= 15 is 0 Å². The van der Waals surface area contributed by atoms with Crippen LogP contribution in [-0.2, 0) is 15.5 Å². The zero-order chi connectivity index (χ0) is 17.8. The van der Waals surface area contributed by atoms with Crippen molar-refractivity contribution in [2.24, 2.45) is 5.92 Å². The van der Waals surface area contributed by atoms with Gasteiger partial charge in [0.05, 0.1) is 16.8 Å². The molecule has 24 heavy (non-hydrogen) atoms. The fraction of sp³-hybridized carbons (Fsp3) is 0.647. The Kier molecular flexibility index (Phi) is 4.16. The highest BCUT2D eigenvalue weighted by Crippen LogP contribution is 2.38. The van der Waals surface area contributed by atoms with E-state index in [1.807, 2.05) is 27.7 Å². The fourth-order valence-corrected chi connectivity index (χ4v) is 2.66. The monoisotopic (exact) mass is 341 g/mol. The van der Waals surface area contributed by atoms with Crippen LogP contribution in [0.25, 0.3) is 0 Å². The standard InChI is InChI=1S/C17H23BF3NO2/c1-15(2)16(3,4)24-18(23-15)12-7-8-13(17(19,20)21)14(9-12)22-10-11-5-6-11/h7-9,11,22H,5-6,10H2,1-4H3. The minimum absolute atomic E-state index is 0.0987. The lowest BCUT2D eigenvalue weighted by atomic mass is 9.78. The molecule has 1 saturated carbocycles. The Bertz CT molecular complexity index is 611. The molecule has 0 bridgehead atoms. The summed E-state index contributed by atoms with van der Waals surface area (Å²) in [6, 6.07) is 4.05. The molecule has 2 fully saturated rings. The second kappa shape index (κ2) is 5.66. The van der Waals surface area contributed by atoms with Gasteiger partial charge in [-0.05, 0) is 64.1 Å². The number of anilines is 1. The highest BCUT2D eigenvalue weighted by Gasteiger charge is 2.52. The van der Waals surface area contributed by atoms with Crippen LogP contribution in [0, 0.1) is 5.92 Å². The molecular formula is C17H23BF3NO2. The van der Waals surface area contributed by atoms with Crippen LogP contribution in [0.15, 0.2) is 18.2 Å². The molecule has 0 spiro atoms.